The Bertz CT molecular complexity index is 1300. The third-order valence-corrected chi connectivity index (χ3v) is 4.64. The quantitative estimate of drug-likeness (QED) is 0.575. The third-order valence-electron chi connectivity index (χ3n) is 4.64. The van der Waals surface area contributed by atoms with E-state index in [4.69, 9.17) is 0 Å². The minimum absolute atomic E-state index is 0.00503. The van der Waals surface area contributed by atoms with Crippen LogP contribution in [0.1, 0.15) is 21.6 Å². The molecule has 0 aliphatic rings. The van der Waals surface area contributed by atoms with Crippen LogP contribution in [0.4, 0.5) is 13.2 Å². The normalized spacial score (nSPS) is 11.9. The van der Waals surface area contributed by atoms with E-state index < -0.39 is 17.6 Å². The molecular weight excluding hydrogens is 385 g/mol. The number of nitrogens with one attached hydrogen (secondary N) is 1. The van der Waals surface area contributed by atoms with Gasteiger partial charge in [0.1, 0.15) is 5.52 Å². The van der Waals surface area contributed by atoms with Crippen LogP contribution in [0.15, 0.2) is 59.4 Å². The van der Waals surface area contributed by atoms with Crippen LogP contribution in [-0.2, 0) is 19.8 Å². The van der Waals surface area contributed by atoms with Crippen molar-refractivity contribution in [3.8, 4) is 0 Å². The van der Waals surface area contributed by atoms with Crippen LogP contribution in [0, 0.1) is 0 Å². The Balaban J connectivity index is 1.64. The predicted octanol–water partition coefficient (Wildman–Crippen LogP) is 3.14. The van der Waals surface area contributed by atoms with Crippen LogP contribution in [0.2, 0.25) is 0 Å². The zero-order valence-corrected chi connectivity index (χ0v) is 15.2. The van der Waals surface area contributed by atoms with Gasteiger partial charge in [-0.2, -0.15) is 18.3 Å². The summed E-state index contributed by atoms with van der Waals surface area (Å²) in [7, 11) is 1.63. The number of carbonyl (C=O) groups is 1. The van der Waals surface area contributed by atoms with Crippen molar-refractivity contribution < 1.29 is 18.0 Å². The number of alkyl halides is 3. The molecule has 0 atom stereocenters. The number of nitrogens with zero attached hydrogens (tertiary/aromatic N) is 3. The summed E-state index contributed by atoms with van der Waals surface area (Å²) in [6, 6.07) is 13.2. The number of aryl methyl sites for hydroxylation is 1. The van der Waals surface area contributed by atoms with Crippen LogP contribution in [0.5, 0.6) is 0 Å². The molecule has 2 aromatic carbocycles. The van der Waals surface area contributed by atoms with Gasteiger partial charge in [-0.1, -0.05) is 24.3 Å². The zero-order valence-electron chi connectivity index (χ0n) is 15.2. The molecule has 0 saturated heterocycles. The number of carbonyl (C=O) groups excluding carboxylic acids is 1. The number of hydrogen-bond donors (Lipinski definition) is 1. The van der Waals surface area contributed by atoms with Gasteiger partial charge in [0.05, 0.1) is 16.6 Å². The molecule has 29 heavy (non-hydrogen) atoms. The number of para-hydroxylation sites is 2. The Labute approximate surface area is 162 Å². The molecule has 0 aliphatic heterocycles. The van der Waals surface area contributed by atoms with Crippen LogP contribution in [0.3, 0.4) is 0 Å². The molecule has 1 amide bonds. The Kier molecular flexibility index (Phi) is 4.37. The molecule has 6 nitrogen and oxygen atoms in total. The van der Waals surface area contributed by atoms with Crippen molar-refractivity contribution >= 4 is 22.5 Å². The lowest BCUT2D eigenvalue weighted by Crippen LogP contribution is -2.23. The van der Waals surface area contributed by atoms with E-state index in [-0.39, 0.29) is 23.3 Å². The molecule has 0 bridgehead atoms. The minimum atomic E-state index is -4.46. The van der Waals surface area contributed by atoms with Gasteiger partial charge in [-0.05, 0) is 29.8 Å². The first kappa shape index (κ1) is 18.7. The summed E-state index contributed by atoms with van der Waals surface area (Å²) in [4.78, 5) is 25.0. The minimum Gasteiger partial charge on any atom is -0.347 e. The van der Waals surface area contributed by atoms with Gasteiger partial charge < -0.3 is 9.88 Å². The van der Waals surface area contributed by atoms with E-state index in [2.05, 4.69) is 10.4 Å². The average molecular weight is 400 g/mol. The van der Waals surface area contributed by atoms with Gasteiger partial charge in [-0.25, -0.2) is 4.52 Å². The summed E-state index contributed by atoms with van der Waals surface area (Å²) in [5, 5.41) is 6.77. The SMILES string of the molecule is Cn1c(=O)c2cc(C(=O)NCc3cccc(C(F)(F)F)c3)nn2c2ccccc21. The van der Waals surface area contributed by atoms with Crippen molar-refractivity contribution in [2.45, 2.75) is 12.7 Å². The standard InChI is InChI=1S/C20H15F3N4O2/c1-26-15-7-2-3-8-16(15)27-17(19(26)29)10-14(25-27)18(28)24-11-12-5-4-6-13(9-12)20(21,22)23/h2-10H,11H2,1H3,(H,24,28). The third kappa shape index (κ3) is 3.35. The van der Waals surface area contributed by atoms with E-state index in [0.29, 0.717) is 16.6 Å². The highest BCUT2D eigenvalue weighted by Crippen LogP contribution is 2.29. The van der Waals surface area contributed by atoms with Gasteiger partial charge in [0.15, 0.2) is 5.69 Å². The van der Waals surface area contributed by atoms with Crippen molar-refractivity contribution in [1.29, 1.82) is 0 Å². The number of benzene rings is 2. The first-order chi connectivity index (χ1) is 13.8. The van der Waals surface area contributed by atoms with Gasteiger partial charge in [-0.15, -0.1) is 0 Å². The van der Waals surface area contributed by atoms with Crippen LogP contribution in [-0.4, -0.2) is 20.1 Å². The molecule has 9 heteroatoms. The van der Waals surface area contributed by atoms with Crippen LogP contribution in [0.25, 0.3) is 16.6 Å². The van der Waals surface area contributed by atoms with Crippen molar-refractivity contribution in [2.24, 2.45) is 7.05 Å². The lowest BCUT2D eigenvalue weighted by molar-refractivity contribution is -0.137. The number of halogens is 3. The molecule has 0 fully saturated rings. The lowest BCUT2D eigenvalue weighted by Gasteiger charge is -2.09. The van der Waals surface area contributed by atoms with Gasteiger partial charge in [0.2, 0.25) is 0 Å². The molecule has 2 heterocycles. The van der Waals surface area contributed by atoms with E-state index in [1.165, 1.54) is 27.3 Å². The van der Waals surface area contributed by atoms with E-state index in [9.17, 15) is 22.8 Å². The lowest BCUT2D eigenvalue weighted by atomic mass is 10.1. The van der Waals surface area contributed by atoms with E-state index in [1.807, 2.05) is 0 Å². The Morgan fingerprint density at radius 1 is 1.03 bits per heavy atom. The molecule has 0 spiro atoms. The summed E-state index contributed by atoms with van der Waals surface area (Å²) in [5.74, 6) is -0.586. The van der Waals surface area contributed by atoms with Gasteiger partial charge in [0.25, 0.3) is 11.5 Å². The predicted molar refractivity (Wildman–Crippen MR) is 101 cm³/mol. The molecule has 0 saturated carbocycles. The second-order valence-electron chi connectivity index (χ2n) is 6.56. The number of hydrogen-bond acceptors (Lipinski definition) is 3. The number of fused-ring (bicyclic) bond motifs is 3. The first-order valence-corrected chi connectivity index (χ1v) is 8.67. The van der Waals surface area contributed by atoms with Crippen molar-refractivity contribution in [3.63, 3.8) is 0 Å². The fourth-order valence-corrected chi connectivity index (χ4v) is 3.17. The Morgan fingerprint density at radius 2 is 1.76 bits per heavy atom. The fraction of sp³-hybridized carbons (Fsp3) is 0.150. The Hall–Kier alpha value is -3.62. The summed E-state index contributed by atoms with van der Waals surface area (Å²) in [6.07, 6.45) is -4.46. The zero-order chi connectivity index (χ0) is 20.8. The van der Waals surface area contributed by atoms with Crippen LogP contribution >= 0.6 is 0 Å². The average Bonchev–Trinajstić information content (AvgIpc) is 3.16. The second kappa shape index (κ2) is 6.77. The molecule has 0 radical (unpaired) electrons. The highest BCUT2D eigenvalue weighted by atomic mass is 19.4. The molecule has 0 unspecified atom stereocenters. The molecule has 148 valence electrons. The highest BCUT2D eigenvalue weighted by molar-refractivity contribution is 5.94. The molecule has 4 aromatic rings. The smallest absolute Gasteiger partial charge is 0.347 e. The van der Waals surface area contributed by atoms with E-state index >= 15 is 0 Å². The fourth-order valence-electron chi connectivity index (χ4n) is 3.17. The summed E-state index contributed by atoms with van der Waals surface area (Å²) in [5.41, 5.74) is 0.754. The summed E-state index contributed by atoms with van der Waals surface area (Å²) in [6.45, 7) is -0.102. The first-order valence-electron chi connectivity index (χ1n) is 8.67. The van der Waals surface area contributed by atoms with Gasteiger partial charge in [-0.3, -0.25) is 9.59 Å². The highest BCUT2D eigenvalue weighted by Gasteiger charge is 2.30. The van der Waals surface area contributed by atoms with E-state index in [0.717, 1.165) is 12.1 Å². The van der Waals surface area contributed by atoms with Gasteiger partial charge >= 0.3 is 6.18 Å². The maximum Gasteiger partial charge on any atom is 0.416 e. The van der Waals surface area contributed by atoms with Gasteiger partial charge in [0, 0.05) is 19.7 Å². The monoisotopic (exact) mass is 400 g/mol. The maximum absolute atomic E-state index is 12.8. The number of amides is 1. The van der Waals surface area contributed by atoms with E-state index in [1.54, 1.807) is 31.3 Å². The topological polar surface area (TPSA) is 68.4 Å². The molecule has 1 N–H and O–H groups in total. The summed E-state index contributed by atoms with van der Waals surface area (Å²) < 4.78 is 41.3. The molecular formula is C20H15F3N4O2. The number of aromatic nitrogens is 3. The van der Waals surface area contributed by atoms with Crippen molar-refractivity contribution in [2.75, 3.05) is 0 Å². The molecule has 0 aliphatic carbocycles. The van der Waals surface area contributed by atoms with Crippen LogP contribution < -0.4 is 10.9 Å². The molecule has 4 rings (SSSR count). The second-order valence-corrected chi connectivity index (χ2v) is 6.56. The summed E-state index contributed by atoms with van der Waals surface area (Å²) >= 11 is 0. The number of rotatable bonds is 3. The Morgan fingerprint density at radius 3 is 2.48 bits per heavy atom. The largest absolute Gasteiger partial charge is 0.416 e. The van der Waals surface area contributed by atoms with Crippen molar-refractivity contribution in [1.82, 2.24) is 19.5 Å². The van der Waals surface area contributed by atoms with Crippen molar-refractivity contribution in [3.05, 3.63) is 81.8 Å². The molecule has 2 aromatic heterocycles. The maximum atomic E-state index is 12.8.